The van der Waals surface area contributed by atoms with Crippen molar-refractivity contribution in [2.45, 2.75) is 53.4 Å². The van der Waals surface area contributed by atoms with E-state index < -0.39 is 17.5 Å². The second kappa shape index (κ2) is 4.87. The van der Waals surface area contributed by atoms with Crippen LogP contribution in [0.4, 0.5) is 4.39 Å². The smallest absolute Gasteiger partial charge is 0.146 e. The maximum atomic E-state index is 13.3. The van der Waals surface area contributed by atoms with Crippen molar-refractivity contribution < 1.29 is 14.0 Å². The predicted molar refractivity (Wildman–Crippen MR) is 65.5 cm³/mol. The molecule has 0 bridgehead atoms. The number of carbonyl (C=O) groups excluding carboxylic acids is 2. The fourth-order valence-electron chi connectivity index (χ4n) is 2.79. The van der Waals surface area contributed by atoms with Crippen molar-refractivity contribution in [3.8, 4) is 0 Å². The highest BCUT2D eigenvalue weighted by Crippen LogP contribution is 2.44. The summed E-state index contributed by atoms with van der Waals surface area (Å²) in [6, 6.07) is 0. The minimum atomic E-state index is -0.829. The van der Waals surface area contributed by atoms with Crippen molar-refractivity contribution in [3.05, 3.63) is 0 Å². The molecular weight excluding hydrogens is 219 g/mol. The Morgan fingerprint density at radius 2 is 1.71 bits per heavy atom. The van der Waals surface area contributed by atoms with E-state index in [0.717, 1.165) is 0 Å². The number of alkyl halides is 1. The fraction of sp³-hybridized carbons (Fsp3) is 0.857. The molecule has 17 heavy (non-hydrogen) atoms. The summed E-state index contributed by atoms with van der Waals surface area (Å²) in [6.45, 7) is 6.50. The van der Waals surface area contributed by atoms with E-state index in [4.69, 9.17) is 0 Å². The Hall–Kier alpha value is -0.730. The van der Waals surface area contributed by atoms with Crippen LogP contribution in [0.5, 0.6) is 0 Å². The first-order valence-electron chi connectivity index (χ1n) is 6.34. The number of Topliss-reactive ketones (excluding diaryl/α,β-unsaturated/α-hetero) is 2. The van der Waals surface area contributed by atoms with E-state index in [-0.39, 0.29) is 17.5 Å². The number of hydrogen-bond donors (Lipinski definition) is 0. The van der Waals surface area contributed by atoms with E-state index in [9.17, 15) is 14.0 Å². The second-order valence-corrected chi connectivity index (χ2v) is 6.38. The molecule has 1 aliphatic rings. The summed E-state index contributed by atoms with van der Waals surface area (Å²) in [5, 5.41) is 0. The summed E-state index contributed by atoms with van der Waals surface area (Å²) in [5.41, 5.74) is -1.33. The van der Waals surface area contributed by atoms with Crippen LogP contribution in [0.3, 0.4) is 0 Å². The molecule has 0 aromatic rings. The second-order valence-electron chi connectivity index (χ2n) is 6.38. The van der Waals surface area contributed by atoms with E-state index in [1.807, 2.05) is 20.8 Å². The molecule has 0 unspecified atom stereocenters. The highest BCUT2D eigenvalue weighted by molar-refractivity contribution is 5.90. The highest BCUT2D eigenvalue weighted by atomic mass is 19.1. The lowest BCUT2D eigenvalue weighted by molar-refractivity contribution is -0.142. The van der Waals surface area contributed by atoms with E-state index in [0.29, 0.717) is 25.7 Å². The fourth-order valence-corrected chi connectivity index (χ4v) is 2.79. The molecule has 3 heteroatoms. The third-order valence-corrected chi connectivity index (χ3v) is 3.94. The lowest BCUT2D eigenvalue weighted by Crippen LogP contribution is -2.44. The van der Waals surface area contributed by atoms with E-state index in [1.54, 1.807) is 6.92 Å². The molecule has 1 aliphatic carbocycles. The third kappa shape index (κ3) is 2.93. The number of rotatable bonds is 3. The van der Waals surface area contributed by atoms with Gasteiger partial charge in [-0.2, -0.15) is 0 Å². The molecule has 1 rings (SSSR count). The minimum absolute atomic E-state index is 0.00880. The number of ketones is 2. The normalized spacial score (nSPS) is 30.1. The topological polar surface area (TPSA) is 34.1 Å². The Morgan fingerprint density at radius 1 is 1.24 bits per heavy atom. The molecule has 2 nitrogen and oxygen atoms in total. The predicted octanol–water partition coefficient (Wildman–Crippen LogP) is 3.34. The molecule has 98 valence electrons. The lowest BCUT2D eigenvalue weighted by atomic mass is 9.63. The standard InChI is InChI=1S/C14H23FO2/c1-10(16)11-5-7-14(9-15,8-6-11)12(17)13(2,3)4/h11H,5-9H2,1-4H3/t11-,14-. The molecule has 0 aromatic carbocycles. The summed E-state index contributed by atoms with van der Waals surface area (Å²) in [4.78, 5) is 23.6. The molecule has 0 aromatic heterocycles. The van der Waals surface area contributed by atoms with Crippen LogP contribution >= 0.6 is 0 Å². The average Bonchev–Trinajstić information content (AvgIpc) is 2.26. The van der Waals surface area contributed by atoms with Crippen LogP contribution in [0.15, 0.2) is 0 Å². The van der Waals surface area contributed by atoms with Gasteiger partial charge in [-0.1, -0.05) is 20.8 Å². The molecule has 0 spiro atoms. The maximum absolute atomic E-state index is 13.3. The van der Waals surface area contributed by atoms with Gasteiger partial charge in [0.15, 0.2) is 0 Å². The van der Waals surface area contributed by atoms with Crippen molar-refractivity contribution in [2.75, 3.05) is 6.67 Å². The zero-order valence-electron chi connectivity index (χ0n) is 11.3. The maximum Gasteiger partial charge on any atom is 0.146 e. The van der Waals surface area contributed by atoms with E-state index >= 15 is 0 Å². The van der Waals surface area contributed by atoms with E-state index in [1.165, 1.54) is 0 Å². The summed E-state index contributed by atoms with van der Waals surface area (Å²) < 4.78 is 13.3. The van der Waals surface area contributed by atoms with Gasteiger partial charge in [-0.3, -0.25) is 14.0 Å². The van der Waals surface area contributed by atoms with Crippen molar-refractivity contribution >= 4 is 11.6 Å². The van der Waals surface area contributed by atoms with Crippen LogP contribution in [-0.2, 0) is 9.59 Å². The summed E-state index contributed by atoms with van der Waals surface area (Å²) in [6.07, 6.45) is 2.34. The van der Waals surface area contributed by atoms with Gasteiger partial charge in [0.25, 0.3) is 0 Å². The Bertz CT molecular complexity index is 307. The Kier molecular flexibility index (Phi) is 4.11. The van der Waals surface area contributed by atoms with Gasteiger partial charge in [-0.05, 0) is 32.6 Å². The highest BCUT2D eigenvalue weighted by Gasteiger charge is 2.46. The zero-order chi connectivity index (χ0) is 13.3. The quantitative estimate of drug-likeness (QED) is 0.760. The van der Waals surface area contributed by atoms with Gasteiger partial charge >= 0.3 is 0 Å². The molecule has 0 aliphatic heterocycles. The largest absolute Gasteiger partial charge is 0.300 e. The van der Waals surface area contributed by atoms with Crippen LogP contribution in [0.25, 0.3) is 0 Å². The van der Waals surface area contributed by atoms with Crippen LogP contribution in [0.2, 0.25) is 0 Å². The Labute approximate surface area is 103 Å². The number of carbonyl (C=O) groups is 2. The monoisotopic (exact) mass is 242 g/mol. The SMILES string of the molecule is CC(=O)[C@H]1CC[C@](CF)(C(=O)C(C)(C)C)CC1. The minimum Gasteiger partial charge on any atom is -0.300 e. The molecule has 0 N–H and O–H groups in total. The summed E-state index contributed by atoms with van der Waals surface area (Å²) in [5.74, 6) is 0.206. The Morgan fingerprint density at radius 3 is 2.00 bits per heavy atom. The molecule has 1 fully saturated rings. The molecule has 0 saturated heterocycles. The van der Waals surface area contributed by atoms with Gasteiger partial charge in [0.05, 0.1) is 5.41 Å². The molecule has 0 radical (unpaired) electrons. The zero-order valence-corrected chi connectivity index (χ0v) is 11.3. The number of halogens is 1. The molecule has 1 saturated carbocycles. The first-order chi connectivity index (χ1) is 7.73. The van der Waals surface area contributed by atoms with Crippen LogP contribution in [-0.4, -0.2) is 18.2 Å². The number of hydrogen-bond acceptors (Lipinski definition) is 2. The van der Waals surface area contributed by atoms with Gasteiger partial charge in [-0.15, -0.1) is 0 Å². The third-order valence-electron chi connectivity index (χ3n) is 3.94. The lowest BCUT2D eigenvalue weighted by Gasteiger charge is -2.40. The van der Waals surface area contributed by atoms with Gasteiger partial charge < -0.3 is 0 Å². The first kappa shape index (κ1) is 14.3. The molecule has 0 amide bonds. The summed E-state index contributed by atoms with van der Waals surface area (Å²) >= 11 is 0. The van der Waals surface area contributed by atoms with Gasteiger partial charge in [-0.25, -0.2) is 0 Å². The average molecular weight is 242 g/mol. The van der Waals surface area contributed by atoms with Crippen LogP contribution < -0.4 is 0 Å². The van der Waals surface area contributed by atoms with Crippen LogP contribution in [0, 0.1) is 16.7 Å². The molecule has 0 atom stereocenters. The van der Waals surface area contributed by atoms with Gasteiger partial charge in [0.2, 0.25) is 0 Å². The first-order valence-corrected chi connectivity index (χ1v) is 6.34. The van der Waals surface area contributed by atoms with Crippen LogP contribution in [0.1, 0.15) is 53.4 Å². The van der Waals surface area contributed by atoms with Gasteiger partial charge in [0, 0.05) is 11.3 Å². The Balaban J connectivity index is 2.81. The molecule has 0 heterocycles. The molecular formula is C14H23FO2. The van der Waals surface area contributed by atoms with Gasteiger partial charge in [0.1, 0.15) is 18.2 Å². The van der Waals surface area contributed by atoms with Crippen molar-refractivity contribution in [1.29, 1.82) is 0 Å². The summed E-state index contributed by atoms with van der Waals surface area (Å²) in [7, 11) is 0. The van der Waals surface area contributed by atoms with Crippen molar-refractivity contribution in [2.24, 2.45) is 16.7 Å². The van der Waals surface area contributed by atoms with Crippen molar-refractivity contribution in [3.63, 3.8) is 0 Å². The van der Waals surface area contributed by atoms with E-state index in [2.05, 4.69) is 0 Å². The van der Waals surface area contributed by atoms with Crippen molar-refractivity contribution in [1.82, 2.24) is 0 Å².